The standard InChI is InChI=1S/C14H17N3O/c1-11(9-15)17(13(3)18-12(2)10-16)14-7-5-4-6-8-14/h4-8,11-13H,1-3H3. The molecule has 0 bridgehead atoms. The van der Waals surface area contributed by atoms with E-state index < -0.39 is 6.10 Å². The molecule has 0 saturated heterocycles. The van der Waals surface area contributed by atoms with Gasteiger partial charge >= 0.3 is 0 Å². The van der Waals surface area contributed by atoms with Gasteiger partial charge in [0.1, 0.15) is 18.4 Å². The van der Waals surface area contributed by atoms with Crippen molar-refractivity contribution < 1.29 is 4.74 Å². The molecule has 4 nitrogen and oxygen atoms in total. The van der Waals surface area contributed by atoms with E-state index in [1.165, 1.54) is 0 Å². The molecule has 1 aromatic rings. The van der Waals surface area contributed by atoms with Crippen molar-refractivity contribution in [3.8, 4) is 12.1 Å². The van der Waals surface area contributed by atoms with Gasteiger partial charge in [-0.3, -0.25) is 0 Å². The van der Waals surface area contributed by atoms with E-state index in [-0.39, 0.29) is 12.3 Å². The normalized spacial score (nSPS) is 14.9. The maximum atomic E-state index is 9.09. The lowest BCUT2D eigenvalue weighted by Crippen LogP contribution is -2.42. The molecule has 0 aromatic heterocycles. The van der Waals surface area contributed by atoms with Gasteiger partial charge in [-0.15, -0.1) is 0 Å². The molecule has 0 N–H and O–H groups in total. The van der Waals surface area contributed by atoms with Crippen LogP contribution in [-0.4, -0.2) is 18.4 Å². The molecule has 0 aliphatic rings. The molecule has 3 unspecified atom stereocenters. The predicted molar refractivity (Wildman–Crippen MR) is 69.6 cm³/mol. The monoisotopic (exact) mass is 243 g/mol. The van der Waals surface area contributed by atoms with E-state index in [9.17, 15) is 0 Å². The average Bonchev–Trinajstić information content (AvgIpc) is 2.39. The number of para-hydroxylation sites is 1. The van der Waals surface area contributed by atoms with Crippen LogP contribution in [0.3, 0.4) is 0 Å². The number of nitrogens with zero attached hydrogens (tertiary/aromatic N) is 3. The summed E-state index contributed by atoms with van der Waals surface area (Å²) in [6, 6.07) is 13.5. The Bertz CT molecular complexity index is 446. The minimum absolute atomic E-state index is 0.326. The lowest BCUT2D eigenvalue weighted by molar-refractivity contribution is 0.0341. The maximum Gasteiger partial charge on any atom is 0.143 e. The highest BCUT2D eigenvalue weighted by molar-refractivity contribution is 5.48. The van der Waals surface area contributed by atoms with Gasteiger partial charge in [-0.05, 0) is 32.9 Å². The first-order valence-corrected chi connectivity index (χ1v) is 5.88. The predicted octanol–water partition coefficient (Wildman–Crippen LogP) is 2.68. The number of anilines is 1. The summed E-state index contributed by atoms with van der Waals surface area (Å²) in [5.74, 6) is 0. The van der Waals surface area contributed by atoms with Crippen molar-refractivity contribution in [1.82, 2.24) is 0 Å². The zero-order valence-corrected chi connectivity index (χ0v) is 10.9. The Hall–Kier alpha value is -2.04. The topological polar surface area (TPSA) is 60.0 Å². The fourth-order valence-corrected chi connectivity index (χ4v) is 1.80. The summed E-state index contributed by atoms with van der Waals surface area (Å²) in [5, 5.41) is 17.9. The van der Waals surface area contributed by atoms with E-state index in [1.54, 1.807) is 6.92 Å². The number of benzene rings is 1. The van der Waals surface area contributed by atoms with Crippen LogP contribution in [-0.2, 0) is 4.74 Å². The molecule has 3 atom stereocenters. The van der Waals surface area contributed by atoms with E-state index in [1.807, 2.05) is 55.1 Å². The third kappa shape index (κ3) is 3.48. The fourth-order valence-electron chi connectivity index (χ4n) is 1.80. The molecule has 18 heavy (non-hydrogen) atoms. The molecule has 0 amide bonds. The van der Waals surface area contributed by atoms with Crippen molar-refractivity contribution in [2.24, 2.45) is 0 Å². The number of rotatable bonds is 5. The van der Waals surface area contributed by atoms with E-state index in [2.05, 4.69) is 6.07 Å². The molecule has 0 aliphatic heterocycles. The Balaban J connectivity index is 2.94. The van der Waals surface area contributed by atoms with Crippen LogP contribution < -0.4 is 4.90 Å². The van der Waals surface area contributed by atoms with Crippen LogP contribution in [0.5, 0.6) is 0 Å². The number of hydrogen-bond donors (Lipinski definition) is 0. The smallest absolute Gasteiger partial charge is 0.143 e. The lowest BCUT2D eigenvalue weighted by Gasteiger charge is -2.33. The molecule has 0 aliphatic carbocycles. The Morgan fingerprint density at radius 1 is 1.06 bits per heavy atom. The van der Waals surface area contributed by atoms with Crippen LogP contribution in [0.15, 0.2) is 30.3 Å². The molecule has 0 spiro atoms. The van der Waals surface area contributed by atoms with Gasteiger partial charge in [-0.1, -0.05) is 18.2 Å². The maximum absolute atomic E-state index is 9.09. The summed E-state index contributed by atoms with van der Waals surface area (Å²) < 4.78 is 5.55. The Kier molecular flexibility index (Phi) is 5.17. The first-order chi connectivity index (χ1) is 8.60. The molecule has 1 aromatic carbocycles. The molecular weight excluding hydrogens is 226 g/mol. The third-order valence-electron chi connectivity index (χ3n) is 2.63. The van der Waals surface area contributed by atoms with Crippen molar-refractivity contribution >= 4 is 5.69 Å². The minimum Gasteiger partial charge on any atom is -0.341 e. The van der Waals surface area contributed by atoms with Crippen LogP contribution in [0.1, 0.15) is 20.8 Å². The molecule has 1 rings (SSSR count). The SMILES string of the molecule is CC(C#N)OC(C)N(c1ccccc1)C(C)C#N. The molecule has 4 heteroatoms. The van der Waals surface area contributed by atoms with Crippen LogP contribution in [0.4, 0.5) is 5.69 Å². The first-order valence-electron chi connectivity index (χ1n) is 5.88. The largest absolute Gasteiger partial charge is 0.341 e. The van der Waals surface area contributed by atoms with Crippen molar-refractivity contribution in [1.29, 1.82) is 10.5 Å². The van der Waals surface area contributed by atoms with Crippen LogP contribution in [0, 0.1) is 22.7 Å². The summed E-state index contributed by atoms with van der Waals surface area (Å²) in [6.07, 6.45) is -0.839. The molecule has 0 fully saturated rings. The van der Waals surface area contributed by atoms with E-state index in [0.717, 1.165) is 5.69 Å². The highest BCUT2D eigenvalue weighted by atomic mass is 16.5. The number of nitriles is 2. The fraction of sp³-hybridized carbons (Fsp3) is 0.429. The van der Waals surface area contributed by atoms with Crippen molar-refractivity contribution in [2.45, 2.75) is 39.1 Å². The molecule has 0 heterocycles. The van der Waals surface area contributed by atoms with Gasteiger partial charge in [0.2, 0.25) is 0 Å². The number of hydrogen-bond acceptors (Lipinski definition) is 4. The van der Waals surface area contributed by atoms with Gasteiger partial charge in [0.05, 0.1) is 12.1 Å². The minimum atomic E-state index is -0.503. The molecule has 94 valence electrons. The highest BCUT2D eigenvalue weighted by Crippen LogP contribution is 2.20. The first kappa shape index (κ1) is 14.0. The van der Waals surface area contributed by atoms with Crippen molar-refractivity contribution in [3.05, 3.63) is 30.3 Å². The molecule has 0 saturated carbocycles. The highest BCUT2D eigenvalue weighted by Gasteiger charge is 2.22. The Morgan fingerprint density at radius 3 is 2.17 bits per heavy atom. The molecule has 0 radical (unpaired) electrons. The summed E-state index contributed by atoms with van der Waals surface area (Å²) in [4.78, 5) is 1.86. The number of ether oxygens (including phenoxy) is 1. The summed E-state index contributed by atoms with van der Waals surface area (Å²) in [5.41, 5.74) is 0.907. The van der Waals surface area contributed by atoms with Gasteiger partial charge in [0, 0.05) is 5.69 Å². The second-order valence-electron chi connectivity index (χ2n) is 4.05. The summed E-state index contributed by atoms with van der Waals surface area (Å²) >= 11 is 0. The van der Waals surface area contributed by atoms with Gasteiger partial charge in [0.15, 0.2) is 0 Å². The Morgan fingerprint density at radius 2 is 1.67 bits per heavy atom. The van der Waals surface area contributed by atoms with E-state index in [0.29, 0.717) is 0 Å². The Labute approximate surface area is 108 Å². The van der Waals surface area contributed by atoms with Gasteiger partial charge in [-0.2, -0.15) is 10.5 Å². The van der Waals surface area contributed by atoms with Crippen molar-refractivity contribution in [3.63, 3.8) is 0 Å². The average molecular weight is 243 g/mol. The van der Waals surface area contributed by atoms with Crippen LogP contribution in [0.25, 0.3) is 0 Å². The third-order valence-corrected chi connectivity index (χ3v) is 2.63. The van der Waals surface area contributed by atoms with Crippen LogP contribution in [0.2, 0.25) is 0 Å². The second kappa shape index (κ2) is 6.64. The second-order valence-corrected chi connectivity index (χ2v) is 4.05. The van der Waals surface area contributed by atoms with Gasteiger partial charge in [-0.25, -0.2) is 0 Å². The zero-order chi connectivity index (χ0) is 13.5. The molecular formula is C14H17N3O. The zero-order valence-electron chi connectivity index (χ0n) is 10.9. The van der Waals surface area contributed by atoms with Gasteiger partial charge < -0.3 is 9.64 Å². The van der Waals surface area contributed by atoms with E-state index >= 15 is 0 Å². The van der Waals surface area contributed by atoms with Crippen molar-refractivity contribution in [2.75, 3.05) is 4.90 Å². The lowest BCUT2D eigenvalue weighted by atomic mass is 10.2. The summed E-state index contributed by atoms with van der Waals surface area (Å²) in [7, 11) is 0. The summed E-state index contributed by atoms with van der Waals surface area (Å²) in [6.45, 7) is 5.34. The quantitative estimate of drug-likeness (QED) is 0.746. The van der Waals surface area contributed by atoms with E-state index in [4.69, 9.17) is 15.3 Å². The van der Waals surface area contributed by atoms with Gasteiger partial charge in [0.25, 0.3) is 0 Å². The van der Waals surface area contributed by atoms with Crippen LogP contribution >= 0.6 is 0 Å².